The van der Waals surface area contributed by atoms with Crippen LogP contribution in [0.5, 0.6) is 5.75 Å². The number of carbonyl (C=O) groups excluding carboxylic acids is 1. The number of benzene rings is 2. The molecule has 6 heteroatoms. The summed E-state index contributed by atoms with van der Waals surface area (Å²) in [6.07, 6.45) is 0. The van der Waals surface area contributed by atoms with Gasteiger partial charge in [0, 0.05) is 9.79 Å². The quantitative estimate of drug-likeness (QED) is 0.789. The van der Waals surface area contributed by atoms with Gasteiger partial charge in [-0.3, -0.25) is 4.79 Å². The second-order valence-corrected chi connectivity index (χ2v) is 6.34. The molecule has 2 rings (SSSR count). The number of phenolic OH excluding ortho intramolecular Hbond substituents is 1. The molecule has 0 atom stereocenters. The number of aromatic hydroxyl groups is 1. The molecule has 0 fully saturated rings. The highest BCUT2D eigenvalue weighted by Crippen LogP contribution is 2.27. The van der Waals surface area contributed by atoms with Crippen LogP contribution in [0.4, 0.5) is 5.69 Å². The van der Waals surface area contributed by atoms with Crippen LogP contribution in [0.3, 0.4) is 0 Å². The van der Waals surface area contributed by atoms with Crippen LogP contribution >= 0.6 is 23.5 Å². The summed E-state index contributed by atoms with van der Waals surface area (Å²) in [6.45, 7) is 0. The van der Waals surface area contributed by atoms with E-state index in [0.29, 0.717) is 5.75 Å². The Balaban J connectivity index is 1.92. The van der Waals surface area contributed by atoms with Gasteiger partial charge in [0.25, 0.3) is 0 Å². The van der Waals surface area contributed by atoms with Crippen LogP contribution in [-0.2, 0) is 4.79 Å². The van der Waals surface area contributed by atoms with Gasteiger partial charge in [0.05, 0.1) is 23.3 Å². The van der Waals surface area contributed by atoms with E-state index in [0.717, 1.165) is 15.5 Å². The first-order chi connectivity index (χ1) is 10.7. The Morgan fingerprint density at radius 1 is 1.14 bits per heavy atom. The van der Waals surface area contributed by atoms with Crippen LogP contribution in [0, 0.1) is 11.3 Å². The summed E-state index contributed by atoms with van der Waals surface area (Å²) in [5.41, 5.74) is 0.721. The van der Waals surface area contributed by atoms with Gasteiger partial charge in [-0.05, 0) is 36.4 Å². The van der Waals surface area contributed by atoms with Gasteiger partial charge in [-0.1, -0.05) is 12.1 Å². The fraction of sp³-hybridized carbons (Fsp3) is 0.125. The monoisotopic (exact) mass is 330 g/mol. The van der Waals surface area contributed by atoms with Crippen molar-refractivity contribution in [2.45, 2.75) is 9.79 Å². The van der Waals surface area contributed by atoms with E-state index in [4.69, 9.17) is 5.26 Å². The maximum atomic E-state index is 12.0. The Labute approximate surface area is 137 Å². The minimum Gasteiger partial charge on any atom is -0.508 e. The van der Waals surface area contributed by atoms with E-state index >= 15 is 0 Å². The molecule has 0 aliphatic heterocycles. The first-order valence-corrected chi connectivity index (χ1v) is 8.46. The number of nitrogens with zero attached hydrogens (tertiary/aromatic N) is 1. The van der Waals surface area contributed by atoms with Gasteiger partial charge < -0.3 is 10.4 Å². The van der Waals surface area contributed by atoms with E-state index in [2.05, 4.69) is 11.4 Å². The largest absolute Gasteiger partial charge is 0.508 e. The number of nitriles is 1. The van der Waals surface area contributed by atoms with Crippen LogP contribution in [0.2, 0.25) is 0 Å². The maximum absolute atomic E-state index is 12.0. The molecular weight excluding hydrogens is 316 g/mol. The zero-order chi connectivity index (χ0) is 15.8. The highest BCUT2D eigenvalue weighted by molar-refractivity contribution is 8.00. The molecule has 0 unspecified atom stereocenters. The average Bonchev–Trinajstić information content (AvgIpc) is 2.53. The molecule has 22 heavy (non-hydrogen) atoms. The van der Waals surface area contributed by atoms with Crippen molar-refractivity contribution >= 4 is 35.1 Å². The van der Waals surface area contributed by atoms with Crippen LogP contribution in [0.1, 0.15) is 0 Å². The lowest BCUT2D eigenvalue weighted by atomic mass is 10.3. The lowest BCUT2D eigenvalue weighted by molar-refractivity contribution is -0.113. The molecule has 0 heterocycles. The zero-order valence-corrected chi connectivity index (χ0v) is 13.3. The van der Waals surface area contributed by atoms with Gasteiger partial charge >= 0.3 is 0 Å². The summed E-state index contributed by atoms with van der Waals surface area (Å²) in [4.78, 5) is 13.8. The molecule has 112 valence electrons. The molecule has 0 saturated heterocycles. The van der Waals surface area contributed by atoms with Gasteiger partial charge in [0.1, 0.15) is 5.75 Å². The topological polar surface area (TPSA) is 73.1 Å². The van der Waals surface area contributed by atoms with Gasteiger partial charge in [0.2, 0.25) is 5.91 Å². The molecule has 1 amide bonds. The Kier molecular flexibility index (Phi) is 6.19. The van der Waals surface area contributed by atoms with E-state index in [-0.39, 0.29) is 17.4 Å². The van der Waals surface area contributed by atoms with E-state index in [1.165, 1.54) is 23.5 Å². The molecule has 0 spiro atoms. The molecule has 2 N–H and O–H groups in total. The van der Waals surface area contributed by atoms with Crippen LogP contribution in [0.15, 0.2) is 58.3 Å². The van der Waals surface area contributed by atoms with E-state index in [9.17, 15) is 9.90 Å². The number of para-hydroxylation sites is 1. The lowest BCUT2D eigenvalue weighted by Crippen LogP contribution is -2.14. The number of rotatable bonds is 6. The summed E-state index contributed by atoms with van der Waals surface area (Å²) < 4.78 is 0. The van der Waals surface area contributed by atoms with Crippen LogP contribution in [-0.4, -0.2) is 22.5 Å². The van der Waals surface area contributed by atoms with Crippen molar-refractivity contribution in [2.75, 3.05) is 16.8 Å². The third-order valence-electron chi connectivity index (χ3n) is 2.66. The predicted molar refractivity (Wildman–Crippen MR) is 90.2 cm³/mol. The number of hydrogen-bond acceptors (Lipinski definition) is 5. The smallest absolute Gasteiger partial charge is 0.234 e. The Morgan fingerprint density at radius 3 is 2.59 bits per heavy atom. The summed E-state index contributed by atoms with van der Waals surface area (Å²) >= 11 is 2.79. The summed E-state index contributed by atoms with van der Waals surface area (Å²) in [7, 11) is 0. The number of anilines is 1. The molecular formula is C16H14N2O2S2. The number of nitrogens with one attached hydrogen (secondary N) is 1. The molecule has 0 saturated carbocycles. The number of carbonyl (C=O) groups is 1. The lowest BCUT2D eigenvalue weighted by Gasteiger charge is -2.09. The SMILES string of the molecule is N#CCSc1ccccc1NC(=O)CSc1ccc(O)cc1. The van der Waals surface area contributed by atoms with Gasteiger partial charge in [-0.25, -0.2) is 0 Å². The standard InChI is InChI=1S/C16H14N2O2S2/c17-9-10-21-15-4-2-1-3-14(15)18-16(20)11-22-13-7-5-12(19)6-8-13/h1-8,19H,10-11H2,(H,18,20). The molecule has 0 aromatic heterocycles. The second kappa shape index (κ2) is 8.37. The molecule has 0 bridgehead atoms. The minimum atomic E-state index is -0.108. The van der Waals surface area contributed by atoms with Crippen molar-refractivity contribution in [1.82, 2.24) is 0 Å². The van der Waals surface area contributed by atoms with Crippen molar-refractivity contribution in [3.8, 4) is 11.8 Å². The fourth-order valence-electron chi connectivity index (χ4n) is 1.68. The first kappa shape index (κ1) is 16.3. The molecule has 0 aliphatic carbocycles. The van der Waals surface area contributed by atoms with Crippen molar-refractivity contribution in [1.29, 1.82) is 5.26 Å². The average molecular weight is 330 g/mol. The molecule has 0 radical (unpaired) electrons. The number of thioether (sulfide) groups is 2. The number of phenols is 1. The van der Waals surface area contributed by atoms with Crippen molar-refractivity contribution in [3.63, 3.8) is 0 Å². The highest BCUT2D eigenvalue weighted by atomic mass is 32.2. The van der Waals surface area contributed by atoms with Gasteiger partial charge in [0.15, 0.2) is 0 Å². The van der Waals surface area contributed by atoms with E-state index in [1.54, 1.807) is 24.3 Å². The molecule has 2 aromatic carbocycles. The third kappa shape index (κ3) is 5.02. The highest BCUT2D eigenvalue weighted by Gasteiger charge is 2.07. The predicted octanol–water partition coefficient (Wildman–Crippen LogP) is 3.74. The number of amides is 1. The zero-order valence-electron chi connectivity index (χ0n) is 11.7. The molecule has 2 aromatic rings. The Morgan fingerprint density at radius 2 is 1.86 bits per heavy atom. The van der Waals surface area contributed by atoms with Crippen molar-refractivity contribution < 1.29 is 9.90 Å². The van der Waals surface area contributed by atoms with Crippen LogP contribution < -0.4 is 5.32 Å². The van der Waals surface area contributed by atoms with Crippen LogP contribution in [0.25, 0.3) is 0 Å². The number of hydrogen-bond donors (Lipinski definition) is 2. The Hall–Kier alpha value is -2.10. The fourth-order valence-corrected chi connectivity index (χ4v) is 3.05. The van der Waals surface area contributed by atoms with Gasteiger partial charge in [-0.2, -0.15) is 5.26 Å². The Bertz CT molecular complexity index is 681. The van der Waals surface area contributed by atoms with Crippen molar-refractivity contribution in [3.05, 3.63) is 48.5 Å². The summed E-state index contributed by atoms with van der Waals surface area (Å²) in [5.74, 6) is 0.720. The first-order valence-electron chi connectivity index (χ1n) is 6.49. The maximum Gasteiger partial charge on any atom is 0.234 e. The molecule has 4 nitrogen and oxygen atoms in total. The molecule has 0 aliphatic rings. The van der Waals surface area contributed by atoms with E-state index in [1.807, 2.05) is 24.3 Å². The van der Waals surface area contributed by atoms with E-state index < -0.39 is 0 Å². The summed E-state index contributed by atoms with van der Waals surface area (Å²) in [5, 5.41) is 20.7. The normalized spacial score (nSPS) is 9.95. The van der Waals surface area contributed by atoms with Gasteiger partial charge in [-0.15, -0.1) is 23.5 Å². The summed E-state index contributed by atoms with van der Waals surface area (Å²) in [6, 6.07) is 16.2. The third-order valence-corrected chi connectivity index (χ3v) is 4.61. The minimum absolute atomic E-state index is 0.108. The van der Waals surface area contributed by atoms with Crippen molar-refractivity contribution in [2.24, 2.45) is 0 Å². The second-order valence-electron chi connectivity index (χ2n) is 4.27.